The van der Waals surface area contributed by atoms with Gasteiger partial charge in [-0.1, -0.05) is 22.9 Å². The number of aromatic nitrogens is 2. The molecule has 0 aliphatic heterocycles. The first-order valence-electron chi connectivity index (χ1n) is 6.50. The third-order valence-corrected chi connectivity index (χ3v) is 3.22. The van der Waals surface area contributed by atoms with Crippen molar-refractivity contribution in [3.63, 3.8) is 0 Å². The summed E-state index contributed by atoms with van der Waals surface area (Å²) in [5.41, 5.74) is -0.235. The Morgan fingerprint density at radius 1 is 1.10 bits per heavy atom. The Hall–Kier alpha value is -1.76. The van der Waals surface area contributed by atoms with E-state index in [1.807, 2.05) is 6.92 Å². The molecule has 21 heavy (non-hydrogen) atoms. The molecule has 7 heteroatoms. The molecule has 0 radical (unpaired) electrons. The topological polar surface area (TPSA) is 49.8 Å². The number of hydrogen-bond donors (Lipinski definition) is 2. The number of halogens is 3. The summed E-state index contributed by atoms with van der Waals surface area (Å²) in [6.07, 6.45) is 1.57. The van der Waals surface area contributed by atoms with Crippen LogP contribution in [0.25, 0.3) is 0 Å². The average Bonchev–Trinajstić information content (AvgIpc) is 2.43. The normalized spacial score (nSPS) is 10.5. The SMILES string of the molecule is CCCc1nc(NC)cc(Nc2c(F)cc(Br)cc2F)n1. The van der Waals surface area contributed by atoms with Crippen molar-refractivity contribution >= 4 is 33.3 Å². The molecule has 2 rings (SSSR count). The van der Waals surface area contributed by atoms with Crippen molar-refractivity contribution in [2.45, 2.75) is 19.8 Å². The molecular formula is C14H15BrF2N4. The summed E-state index contributed by atoms with van der Waals surface area (Å²) in [5.74, 6) is 0.170. The van der Waals surface area contributed by atoms with Gasteiger partial charge < -0.3 is 10.6 Å². The quantitative estimate of drug-likeness (QED) is 0.840. The highest BCUT2D eigenvalue weighted by atomic mass is 79.9. The fourth-order valence-corrected chi connectivity index (χ4v) is 2.22. The summed E-state index contributed by atoms with van der Waals surface area (Å²) >= 11 is 3.04. The van der Waals surface area contributed by atoms with Crippen LogP contribution in [0.1, 0.15) is 19.2 Å². The van der Waals surface area contributed by atoms with Crippen LogP contribution in [0.15, 0.2) is 22.7 Å². The van der Waals surface area contributed by atoms with Gasteiger partial charge >= 0.3 is 0 Å². The fourth-order valence-electron chi connectivity index (χ4n) is 1.81. The van der Waals surface area contributed by atoms with Crippen LogP contribution in [-0.4, -0.2) is 17.0 Å². The summed E-state index contributed by atoms with van der Waals surface area (Å²) in [5, 5.41) is 5.58. The maximum Gasteiger partial charge on any atom is 0.150 e. The maximum absolute atomic E-state index is 13.8. The zero-order valence-electron chi connectivity index (χ0n) is 11.7. The monoisotopic (exact) mass is 356 g/mol. The van der Waals surface area contributed by atoms with Crippen LogP contribution in [0.2, 0.25) is 0 Å². The number of anilines is 3. The molecule has 4 nitrogen and oxygen atoms in total. The van der Waals surface area contributed by atoms with Gasteiger partial charge in [-0.3, -0.25) is 0 Å². The van der Waals surface area contributed by atoms with Gasteiger partial charge in [-0.25, -0.2) is 18.7 Å². The van der Waals surface area contributed by atoms with Crippen molar-refractivity contribution in [2.24, 2.45) is 0 Å². The van der Waals surface area contributed by atoms with Gasteiger partial charge in [-0.05, 0) is 18.6 Å². The average molecular weight is 357 g/mol. The predicted molar refractivity (Wildman–Crippen MR) is 82.9 cm³/mol. The van der Waals surface area contributed by atoms with Crippen LogP contribution in [0.3, 0.4) is 0 Å². The molecule has 1 aromatic heterocycles. The van der Waals surface area contributed by atoms with Crippen molar-refractivity contribution in [3.05, 3.63) is 40.1 Å². The smallest absolute Gasteiger partial charge is 0.150 e. The second-order valence-corrected chi connectivity index (χ2v) is 5.34. The van der Waals surface area contributed by atoms with Gasteiger partial charge in [0.2, 0.25) is 0 Å². The minimum atomic E-state index is -0.691. The van der Waals surface area contributed by atoms with Gasteiger partial charge in [0.15, 0.2) is 11.6 Å². The van der Waals surface area contributed by atoms with Gasteiger partial charge in [0.05, 0.1) is 0 Å². The van der Waals surface area contributed by atoms with Crippen molar-refractivity contribution in [1.29, 1.82) is 0 Å². The Morgan fingerprint density at radius 2 is 1.71 bits per heavy atom. The van der Waals surface area contributed by atoms with E-state index in [2.05, 4.69) is 36.5 Å². The third kappa shape index (κ3) is 3.87. The first-order valence-corrected chi connectivity index (χ1v) is 7.30. The van der Waals surface area contributed by atoms with E-state index in [0.29, 0.717) is 28.4 Å². The van der Waals surface area contributed by atoms with Gasteiger partial charge in [-0.2, -0.15) is 0 Å². The van der Waals surface area contributed by atoms with E-state index < -0.39 is 11.6 Å². The van der Waals surface area contributed by atoms with E-state index in [1.54, 1.807) is 13.1 Å². The molecule has 112 valence electrons. The highest BCUT2D eigenvalue weighted by Gasteiger charge is 2.12. The molecule has 2 aromatic rings. The lowest BCUT2D eigenvalue weighted by Crippen LogP contribution is -2.05. The molecule has 0 saturated heterocycles. The molecule has 0 aliphatic rings. The first-order chi connectivity index (χ1) is 10.0. The molecule has 1 aromatic carbocycles. The molecule has 1 heterocycles. The third-order valence-electron chi connectivity index (χ3n) is 2.76. The molecule has 0 fully saturated rings. The van der Waals surface area contributed by atoms with E-state index in [-0.39, 0.29) is 5.69 Å². The molecule has 0 spiro atoms. The lowest BCUT2D eigenvalue weighted by molar-refractivity contribution is 0.589. The number of aryl methyl sites for hydroxylation is 1. The van der Waals surface area contributed by atoms with Crippen LogP contribution in [-0.2, 0) is 6.42 Å². The number of benzene rings is 1. The zero-order valence-corrected chi connectivity index (χ0v) is 13.3. The minimum Gasteiger partial charge on any atom is -0.373 e. The minimum absolute atomic E-state index is 0.235. The van der Waals surface area contributed by atoms with Crippen LogP contribution < -0.4 is 10.6 Å². The van der Waals surface area contributed by atoms with Crippen LogP contribution in [0, 0.1) is 11.6 Å². The molecule has 0 atom stereocenters. The second kappa shape index (κ2) is 6.80. The van der Waals surface area contributed by atoms with Crippen molar-refractivity contribution in [2.75, 3.05) is 17.7 Å². The molecule has 2 N–H and O–H groups in total. The van der Waals surface area contributed by atoms with Crippen LogP contribution in [0.4, 0.5) is 26.1 Å². The van der Waals surface area contributed by atoms with Crippen molar-refractivity contribution in [3.8, 4) is 0 Å². The molecule has 0 amide bonds. The van der Waals surface area contributed by atoms with Crippen LogP contribution >= 0.6 is 15.9 Å². The van der Waals surface area contributed by atoms with Crippen molar-refractivity contribution in [1.82, 2.24) is 9.97 Å². The highest BCUT2D eigenvalue weighted by molar-refractivity contribution is 9.10. The largest absolute Gasteiger partial charge is 0.373 e. The lowest BCUT2D eigenvalue weighted by Gasteiger charge is -2.11. The Labute approximate surface area is 130 Å². The number of rotatable bonds is 5. The van der Waals surface area contributed by atoms with E-state index in [0.717, 1.165) is 6.42 Å². The second-order valence-electron chi connectivity index (χ2n) is 4.42. The maximum atomic E-state index is 13.8. The van der Waals surface area contributed by atoms with Gasteiger partial charge in [0, 0.05) is 24.0 Å². The summed E-state index contributed by atoms with van der Waals surface area (Å²) in [4.78, 5) is 8.55. The van der Waals surface area contributed by atoms with Crippen molar-refractivity contribution < 1.29 is 8.78 Å². The first kappa shape index (κ1) is 15.6. The summed E-state index contributed by atoms with van der Waals surface area (Å²) in [6, 6.07) is 3.98. The summed E-state index contributed by atoms with van der Waals surface area (Å²) < 4.78 is 28.0. The van der Waals surface area contributed by atoms with E-state index >= 15 is 0 Å². The van der Waals surface area contributed by atoms with E-state index in [9.17, 15) is 8.78 Å². The summed E-state index contributed by atoms with van der Waals surface area (Å²) in [6.45, 7) is 2.01. The van der Waals surface area contributed by atoms with Gasteiger partial charge in [-0.15, -0.1) is 0 Å². The molecular weight excluding hydrogens is 342 g/mol. The van der Waals surface area contributed by atoms with Gasteiger partial charge in [0.1, 0.15) is 23.1 Å². The molecule has 0 bridgehead atoms. The van der Waals surface area contributed by atoms with E-state index in [1.165, 1.54) is 12.1 Å². The predicted octanol–water partition coefficient (Wildman–Crippen LogP) is 4.26. The van der Waals surface area contributed by atoms with Crippen LogP contribution in [0.5, 0.6) is 0 Å². The highest BCUT2D eigenvalue weighted by Crippen LogP contribution is 2.27. The van der Waals surface area contributed by atoms with Gasteiger partial charge in [0.25, 0.3) is 0 Å². The Bertz CT molecular complexity index is 626. The molecule has 0 aliphatic carbocycles. The lowest BCUT2D eigenvalue weighted by atomic mass is 10.3. The standard InChI is InChI=1S/C14H15BrF2N4/c1-3-4-11-19-12(18-2)7-13(20-11)21-14-9(16)5-8(15)6-10(14)17/h5-7H,3-4H2,1-2H3,(H2,18,19,20,21). The molecule has 0 unspecified atom stereocenters. The Balaban J connectivity index is 2.37. The zero-order chi connectivity index (χ0) is 15.4. The molecule has 0 saturated carbocycles. The number of hydrogen-bond acceptors (Lipinski definition) is 4. The van der Waals surface area contributed by atoms with E-state index in [4.69, 9.17) is 0 Å². The fraction of sp³-hybridized carbons (Fsp3) is 0.286. The Morgan fingerprint density at radius 3 is 2.29 bits per heavy atom. The summed E-state index contributed by atoms with van der Waals surface area (Å²) in [7, 11) is 1.72. The number of nitrogens with zero attached hydrogens (tertiary/aromatic N) is 2. The Kier molecular flexibility index (Phi) is 5.06. The number of nitrogens with one attached hydrogen (secondary N) is 2.